The van der Waals surface area contributed by atoms with Crippen LogP contribution in [-0.4, -0.2) is 63.0 Å². The molecule has 3 rings (SSSR count). The predicted octanol–water partition coefficient (Wildman–Crippen LogP) is 4.38. The predicted molar refractivity (Wildman–Crippen MR) is 116 cm³/mol. The van der Waals surface area contributed by atoms with Crippen molar-refractivity contribution in [3.05, 3.63) is 0 Å². The van der Waals surface area contributed by atoms with Gasteiger partial charge in [0.15, 0.2) is 0 Å². The van der Waals surface area contributed by atoms with Gasteiger partial charge in [-0.05, 0) is 39.0 Å². The highest BCUT2D eigenvalue weighted by atomic mass is 16.5. The van der Waals surface area contributed by atoms with E-state index in [0.717, 1.165) is 39.2 Å². The van der Waals surface area contributed by atoms with Crippen molar-refractivity contribution in [1.82, 2.24) is 5.32 Å². The lowest BCUT2D eigenvalue weighted by atomic mass is 9.96. The highest BCUT2D eigenvalue weighted by molar-refractivity contribution is 5.42. The standard InChI is InChI=1S/C13H22N2.C9H17N3O/c1-3-7-12(8-4-1)14-11-15-13-9-5-2-6-10-13;1-2-10-8-12-4-3-9-7-11-5-6-13-9/h12-13H,1-10H2;9,11H,2-7H2,1H3. The first kappa shape index (κ1) is 23.0. The second-order valence-electron chi connectivity index (χ2n) is 7.88. The highest BCUT2D eigenvalue weighted by Gasteiger charge is 2.13. The van der Waals surface area contributed by atoms with Crippen LogP contribution in [-0.2, 0) is 4.74 Å². The van der Waals surface area contributed by atoms with Crippen molar-refractivity contribution in [3.8, 4) is 0 Å². The molecule has 1 atom stereocenters. The van der Waals surface area contributed by atoms with Gasteiger partial charge in [0.2, 0.25) is 0 Å². The van der Waals surface area contributed by atoms with E-state index in [1.165, 1.54) is 64.2 Å². The van der Waals surface area contributed by atoms with Gasteiger partial charge in [-0.25, -0.2) is 20.0 Å². The molecule has 3 aliphatic rings. The van der Waals surface area contributed by atoms with E-state index in [9.17, 15) is 0 Å². The Kier molecular flexibility index (Phi) is 12.8. The maximum absolute atomic E-state index is 5.50. The van der Waals surface area contributed by atoms with Crippen LogP contribution in [0.4, 0.5) is 0 Å². The molecule has 0 aromatic carbocycles. The topological polar surface area (TPSA) is 70.7 Å². The Balaban J connectivity index is 0.000000203. The number of rotatable bonds is 6. The van der Waals surface area contributed by atoms with Crippen molar-refractivity contribution < 1.29 is 4.74 Å². The second-order valence-corrected chi connectivity index (χ2v) is 7.88. The Morgan fingerprint density at radius 1 is 0.857 bits per heavy atom. The normalized spacial score (nSPS) is 23.4. The van der Waals surface area contributed by atoms with E-state index in [2.05, 4.69) is 37.3 Å². The van der Waals surface area contributed by atoms with E-state index >= 15 is 0 Å². The lowest BCUT2D eigenvalue weighted by Gasteiger charge is -2.22. The largest absolute Gasteiger partial charge is 0.376 e. The molecule has 3 fully saturated rings. The summed E-state index contributed by atoms with van der Waals surface area (Å²) in [6.07, 6.45) is 14.5. The van der Waals surface area contributed by atoms with Crippen molar-refractivity contribution in [2.45, 2.75) is 95.7 Å². The van der Waals surface area contributed by atoms with Gasteiger partial charge in [0.1, 0.15) is 0 Å². The van der Waals surface area contributed by atoms with E-state index in [-0.39, 0.29) is 0 Å². The Hall–Kier alpha value is -1.32. The third kappa shape index (κ3) is 10.9. The van der Waals surface area contributed by atoms with Gasteiger partial charge >= 0.3 is 0 Å². The van der Waals surface area contributed by atoms with Gasteiger partial charge in [-0.15, -0.1) is 0 Å². The maximum atomic E-state index is 5.50. The molecule has 1 heterocycles. The van der Waals surface area contributed by atoms with Crippen LogP contribution in [0.25, 0.3) is 0 Å². The molecule has 2 aliphatic carbocycles. The van der Waals surface area contributed by atoms with Gasteiger partial charge in [-0.2, -0.15) is 0 Å². The molecule has 6 heteroatoms. The molecule has 0 aromatic heterocycles. The number of nitrogens with zero attached hydrogens (tertiary/aromatic N) is 4. The van der Waals surface area contributed by atoms with Gasteiger partial charge in [0, 0.05) is 19.6 Å². The molecule has 0 amide bonds. The zero-order valence-electron chi connectivity index (χ0n) is 17.7. The number of hydrogen-bond donors (Lipinski definition) is 1. The van der Waals surface area contributed by atoms with Gasteiger partial charge in [0.25, 0.3) is 0 Å². The fourth-order valence-electron chi connectivity index (χ4n) is 3.80. The lowest BCUT2D eigenvalue weighted by molar-refractivity contribution is 0.0253. The molecular formula is C22H39N5O. The molecule has 1 aliphatic heterocycles. The molecule has 0 aromatic rings. The molecule has 0 radical (unpaired) electrons. The van der Waals surface area contributed by atoms with Crippen LogP contribution in [0, 0.1) is 0 Å². The third-order valence-electron chi connectivity index (χ3n) is 5.50. The van der Waals surface area contributed by atoms with Crippen molar-refractivity contribution in [2.24, 2.45) is 20.0 Å². The molecule has 1 saturated heterocycles. The van der Waals surface area contributed by atoms with E-state index < -0.39 is 0 Å². The third-order valence-corrected chi connectivity index (χ3v) is 5.50. The Labute approximate surface area is 171 Å². The van der Waals surface area contributed by atoms with Crippen LogP contribution in [0.5, 0.6) is 0 Å². The van der Waals surface area contributed by atoms with Crippen LogP contribution >= 0.6 is 0 Å². The fourth-order valence-corrected chi connectivity index (χ4v) is 3.80. The summed E-state index contributed by atoms with van der Waals surface area (Å²) in [5.41, 5.74) is 0. The summed E-state index contributed by atoms with van der Waals surface area (Å²) in [5, 5.41) is 3.28. The number of hydrogen-bond acceptors (Lipinski definition) is 6. The summed E-state index contributed by atoms with van der Waals surface area (Å²) in [6.45, 7) is 6.21. The SMILES string of the molecule is C(=NC1CCCCC1)=NC1CCCCC1.CCN=C=NCCC1CNCCO1. The Morgan fingerprint density at radius 2 is 1.50 bits per heavy atom. The van der Waals surface area contributed by atoms with E-state index in [1.807, 2.05) is 6.92 Å². The quantitative estimate of drug-likeness (QED) is 0.685. The first-order valence-electron chi connectivity index (χ1n) is 11.4. The summed E-state index contributed by atoms with van der Waals surface area (Å²) < 4.78 is 5.50. The minimum Gasteiger partial charge on any atom is -0.376 e. The number of nitrogens with one attached hydrogen (secondary N) is 1. The molecule has 0 bridgehead atoms. The van der Waals surface area contributed by atoms with Crippen LogP contribution in [0.3, 0.4) is 0 Å². The minimum atomic E-state index is 0.320. The molecule has 1 N–H and O–H groups in total. The Bertz CT molecular complexity index is 483. The zero-order chi connectivity index (χ0) is 19.7. The van der Waals surface area contributed by atoms with Crippen LogP contribution in [0.1, 0.15) is 77.6 Å². The molecular weight excluding hydrogens is 350 g/mol. The smallest absolute Gasteiger partial charge is 0.0898 e. The van der Waals surface area contributed by atoms with Crippen molar-refractivity contribution >= 4 is 12.0 Å². The first-order valence-corrected chi connectivity index (χ1v) is 11.4. The van der Waals surface area contributed by atoms with Crippen LogP contribution < -0.4 is 5.32 Å². The van der Waals surface area contributed by atoms with Crippen LogP contribution in [0.2, 0.25) is 0 Å². The average Bonchev–Trinajstić information content (AvgIpc) is 2.76. The van der Waals surface area contributed by atoms with Gasteiger partial charge < -0.3 is 10.1 Å². The van der Waals surface area contributed by atoms with Gasteiger partial charge in [-0.3, -0.25) is 0 Å². The van der Waals surface area contributed by atoms with Gasteiger partial charge in [0.05, 0.1) is 43.4 Å². The highest BCUT2D eigenvalue weighted by Crippen LogP contribution is 2.21. The first-order chi connectivity index (χ1) is 13.9. The summed E-state index contributed by atoms with van der Waals surface area (Å²) in [7, 11) is 0. The lowest BCUT2D eigenvalue weighted by Crippen LogP contribution is -2.38. The fraction of sp³-hybridized carbons (Fsp3) is 0.909. The molecule has 158 valence electrons. The average molecular weight is 390 g/mol. The molecule has 2 saturated carbocycles. The van der Waals surface area contributed by atoms with E-state index in [4.69, 9.17) is 4.74 Å². The summed E-state index contributed by atoms with van der Waals surface area (Å²) in [6, 6.07) is 6.69. The minimum absolute atomic E-state index is 0.320. The second kappa shape index (κ2) is 15.6. The van der Waals surface area contributed by atoms with E-state index in [0.29, 0.717) is 18.2 Å². The van der Waals surface area contributed by atoms with Crippen molar-refractivity contribution in [3.63, 3.8) is 0 Å². The maximum Gasteiger partial charge on any atom is 0.0898 e. The Morgan fingerprint density at radius 3 is 2.04 bits per heavy atom. The molecule has 28 heavy (non-hydrogen) atoms. The molecule has 0 spiro atoms. The summed E-state index contributed by atoms with van der Waals surface area (Å²) >= 11 is 0. The number of aliphatic imine (C=N–C) groups is 4. The molecule has 1 unspecified atom stereocenters. The van der Waals surface area contributed by atoms with Crippen molar-refractivity contribution in [1.29, 1.82) is 0 Å². The monoisotopic (exact) mass is 389 g/mol. The number of morpholine rings is 1. The van der Waals surface area contributed by atoms with E-state index in [1.54, 1.807) is 0 Å². The zero-order valence-corrected chi connectivity index (χ0v) is 17.7. The molecule has 6 nitrogen and oxygen atoms in total. The summed E-state index contributed by atoms with van der Waals surface area (Å²) in [5.74, 6) is 0. The van der Waals surface area contributed by atoms with Crippen molar-refractivity contribution in [2.75, 3.05) is 32.8 Å². The summed E-state index contributed by atoms with van der Waals surface area (Å²) in [4.78, 5) is 16.8. The van der Waals surface area contributed by atoms with Gasteiger partial charge in [-0.1, -0.05) is 38.5 Å². The van der Waals surface area contributed by atoms with Crippen LogP contribution in [0.15, 0.2) is 20.0 Å². The number of ether oxygens (including phenoxy) is 1.